The number of aliphatic hydroxyl groups is 1. The number of aryl methyl sites for hydroxylation is 1. The van der Waals surface area contributed by atoms with E-state index in [4.69, 9.17) is 0 Å². The van der Waals surface area contributed by atoms with Crippen LogP contribution in [0.3, 0.4) is 0 Å². The van der Waals surface area contributed by atoms with Crippen LogP contribution in [0, 0.1) is 0 Å². The molecular formula is C16H23N6O2+. The van der Waals surface area contributed by atoms with Gasteiger partial charge in [-0.15, -0.1) is 0 Å². The molecule has 1 aromatic heterocycles. The molecule has 8 nitrogen and oxygen atoms in total. The summed E-state index contributed by atoms with van der Waals surface area (Å²) < 4.78 is 3.47. The van der Waals surface area contributed by atoms with Gasteiger partial charge < -0.3 is 25.5 Å². The number of piperidine rings is 1. The minimum absolute atomic E-state index is 0.00767. The van der Waals surface area contributed by atoms with Gasteiger partial charge in [0.15, 0.2) is 0 Å². The maximum absolute atomic E-state index is 12.5. The molecule has 1 aromatic rings. The average molecular weight is 331 g/mol. The Labute approximate surface area is 140 Å². The topological polar surface area (TPSA) is 76.7 Å². The molecule has 0 radical (unpaired) electrons. The number of imidazole rings is 1. The molecule has 24 heavy (non-hydrogen) atoms. The summed E-state index contributed by atoms with van der Waals surface area (Å²) in [6.07, 6.45) is 10.5. The van der Waals surface area contributed by atoms with E-state index in [1.165, 1.54) is 0 Å². The number of likely N-dealkylation sites (tertiary alicyclic amines) is 1. The Kier molecular flexibility index (Phi) is 3.68. The summed E-state index contributed by atoms with van der Waals surface area (Å²) >= 11 is 0. The van der Waals surface area contributed by atoms with Crippen molar-refractivity contribution in [3.05, 3.63) is 42.4 Å². The molecule has 8 heteroatoms. The fraction of sp³-hybridized carbons (Fsp3) is 0.500. The quantitative estimate of drug-likeness (QED) is 0.591. The standard InChI is InChI=1S/C16H23N6O2/c1-19-9-10-21(11-19)16(24)20-7-4-12(5-8-20)22-13-3-2-6-17-14(13)18-15(22)23/h2-3,9-12,15,17-18,23H,4-8H2,1H3/q+1. The summed E-state index contributed by atoms with van der Waals surface area (Å²) in [5.74, 6) is 0.892. The van der Waals surface area contributed by atoms with Crippen LogP contribution < -0.4 is 15.2 Å². The molecule has 1 amide bonds. The number of hydrogen-bond donors (Lipinski definition) is 3. The van der Waals surface area contributed by atoms with Crippen molar-refractivity contribution in [1.82, 2.24) is 25.0 Å². The fourth-order valence-electron chi connectivity index (χ4n) is 3.63. The highest BCUT2D eigenvalue weighted by Gasteiger charge is 2.37. The lowest BCUT2D eigenvalue weighted by atomic mass is 10.0. The third kappa shape index (κ3) is 2.52. The van der Waals surface area contributed by atoms with E-state index >= 15 is 0 Å². The van der Waals surface area contributed by atoms with Crippen molar-refractivity contribution in [3.8, 4) is 0 Å². The van der Waals surface area contributed by atoms with Crippen molar-refractivity contribution in [1.29, 1.82) is 0 Å². The highest BCUT2D eigenvalue weighted by atomic mass is 16.3. The largest absolute Gasteiger partial charge is 0.415 e. The number of amides is 1. The van der Waals surface area contributed by atoms with E-state index in [1.807, 2.05) is 33.7 Å². The van der Waals surface area contributed by atoms with Crippen molar-refractivity contribution in [2.75, 3.05) is 19.6 Å². The van der Waals surface area contributed by atoms with Crippen molar-refractivity contribution in [2.45, 2.75) is 25.2 Å². The molecule has 3 aliphatic rings. The molecule has 0 spiro atoms. The molecule has 1 unspecified atom stereocenters. The molecule has 1 atom stereocenters. The molecule has 0 bridgehead atoms. The SMILES string of the molecule is C[n+]1ccn(C(=O)N2CCC(N3C4=C(NCC=C4)NC3O)CC2)c1. The van der Waals surface area contributed by atoms with Crippen LogP contribution in [-0.4, -0.2) is 57.5 Å². The number of allylic oxidation sites excluding steroid dienone is 1. The third-order valence-corrected chi connectivity index (χ3v) is 4.86. The zero-order valence-corrected chi connectivity index (χ0v) is 13.7. The number of carbonyl (C=O) groups excluding carboxylic acids is 1. The number of aromatic nitrogens is 2. The van der Waals surface area contributed by atoms with Gasteiger partial charge in [0.2, 0.25) is 6.35 Å². The minimum atomic E-state index is -0.707. The van der Waals surface area contributed by atoms with Gasteiger partial charge in [-0.2, -0.15) is 4.57 Å². The van der Waals surface area contributed by atoms with Gasteiger partial charge in [-0.3, -0.25) is 0 Å². The molecule has 4 heterocycles. The van der Waals surface area contributed by atoms with Crippen LogP contribution in [0.4, 0.5) is 4.79 Å². The van der Waals surface area contributed by atoms with Crippen LogP contribution in [0.1, 0.15) is 12.8 Å². The van der Waals surface area contributed by atoms with Gasteiger partial charge in [-0.25, -0.2) is 9.36 Å². The zero-order valence-electron chi connectivity index (χ0n) is 13.7. The molecular weight excluding hydrogens is 308 g/mol. The normalized spacial score (nSPS) is 24.0. The predicted molar refractivity (Wildman–Crippen MR) is 86.1 cm³/mol. The van der Waals surface area contributed by atoms with E-state index in [9.17, 15) is 9.90 Å². The van der Waals surface area contributed by atoms with Crippen LogP contribution in [0.5, 0.6) is 0 Å². The number of hydrogen-bond acceptors (Lipinski definition) is 5. The highest BCUT2D eigenvalue weighted by Crippen LogP contribution is 2.28. The van der Waals surface area contributed by atoms with E-state index in [0.717, 1.165) is 30.9 Å². The molecule has 1 fully saturated rings. The van der Waals surface area contributed by atoms with Gasteiger partial charge in [0, 0.05) is 25.7 Å². The smallest absolute Gasteiger partial charge is 0.367 e. The molecule has 4 rings (SSSR count). The molecule has 1 saturated heterocycles. The maximum atomic E-state index is 12.5. The highest BCUT2D eigenvalue weighted by molar-refractivity contribution is 5.76. The monoisotopic (exact) mass is 331 g/mol. The van der Waals surface area contributed by atoms with Crippen molar-refractivity contribution in [2.24, 2.45) is 7.05 Å². The Morgan fingerprint density at radius 3 is 2.88 bits per heavy atom. The van der Waals surface area contributed by atoms with Gasteiger partial charge in [-0.1, -0.05) is 6.08 Å². The zero-order chi connectivity index (χ0) is 16.7. The van der Waals surface area contributed by atoms with Gasteiger partial charge in [0.25, 0.3) is 6.33 Å². The van der Waals surface area contributed by atoms with Crippen LogP contribution in [0.15, 0.2) is 42.4 Å². The summed E-state index contributed by atoms with van der Waals surface area (Å²) in [4.78, 5) is 16.4. The van der Waals surface area contributed by atoms with E-state index in [-0.39, 0.29) is 12.1 Å². The van der Waals surface area contributed by atoms with E-state index in [0.29, 0.717) is 13.1 Å². The molecule has 3 aliphatic heterocycles. The van der Waals surface area contributed by atoms with Gasteiger partial charge in [0.1, 0.15) is 18.2 Å². The van der Waals surface area contributed by atoms with E-state index < -0.39 is 6.35 Å². The number of carbonyl (C=O) groups is 1. The van der Waals surface area contributed by atoms with Crippen molar-refractivity contribution in [3.63, 3.8) is 0 Å². The first-order chi connectivity index (χ1) is 11.6. The van der Waals surface area contributed by atoms with Crippen LogP contribution in [-0.2, 0) is 7.05 Å². The number of nitrogens with one attached hydrogen (secondary N) is 2. The lowest BCUT2D eigenvalue weighted by Gasteiger charge is -2.38. The first-order valence-electron chi connectivity index (χ1n) is 8.33. The van der Waals surface area contributed by atoms with Crippen molar-refractivity contribution < 1.29 is 14.5 Å². The second kappa shape index (κ2) is 5.86. The lowest BCUT2D eigenvalue weighted by molar-refractivity contribution is -0.670. The number of nitrogens with zero attached hydrogens (tertiary/aromatic N) is 4. The van der Waals surface area contributed by atoms with Gasteiger partial charge in [0.05, 0.1) is 12.7 Å². The van der Waals surface area contributed by atoms with Crippen LogP contribution in [0.25, 0.3) is 0 Å². The number of dihydropyridines is 1. The molecule has 0 aliphatic carbocycles. The summed E-state index contributed by atoms with van der Waals surface area (Å²) in [7, 11) is 1.90. The lowest BCUT2D eigenvalue weighted by Crippen LogP contribution is -2.50. The first-order valence-corrected chi connectivity index (χ1v) is 8.33. The van der Waals surface area contributed by atoms with Crippen molar-refractivity contribution >= 4 is 6.03 Å². The van der Waals surface area contributed by atoms with Crippen LogP contribution >= 0.6 is 0 Å². The Balaban J connectivity index is 1.42. The Hall–Kier alpha value is -2.48. The number of aliphatic hydroxyl groups excluding tert-OH is 1. The third-order valence-electron chi connectivity index (χ3n) is 4.86. The Morgan fingerprint density at radius 2 is 2.17 bits per heavy atom. The second-order valence-corrected chi connectivity index (χ2v) is 6.46. The van der Waals surface area contributed by atoms with E-state index in [1.54, 1.807) is 17.1 Å². The van der Waals surface area contributed by atoms with Crippen LogP contribution in [0.2, 0.25) is 0 Å². The first kappa shape index (κ1) is 15.1. The second-order valence-electron chi connectivity index (χ2n) is 6.46. The van der Waals surface area contributed by atoms with Gasteiger partial charge in [-0.05, 0) is 18.9 Å². The summed E-state index contributed by atoms with van der Waals surface area (Å²) in [6, 6.07) is 0.225. The Bertz CT molecular complexity index is 701. The number of rotatable bonds is 1. The maximum Gasteiger partial charge on any atom is 0.415 e. The molecule has 0 saturated carbocycles. The summed E-state index contributed by atoms with van der Waals surface area (Å²) in [5.41, 5.74) is 1.01. The molecule has 3 N–H and O–H groups in total. The Morgan fingerprint density at radius 1 is 1.38 bits per heavy atom. The average Bonchev–Trinajstić information content (AvgIpc) is 3.17. The minimum Gasteiger partial charge on any atom is -0.367 e. The molecule has 128 valence electrons. The van der Waals surface area contributed by atoms with E-state index in [2.05, 4.69) is 16.7 Å². The van der Waals surface area contributed by atoms with Gasteiger partial charge >= 0.3 is 6.03 Å². The fourth-order valence-corrected chi connectivity index (χ4v) is 3.63. The summed E-state index contributed by atoms with van der Waals surface area (Å²) in [5, 5.41) is 16.7. The molecule has 0 aromatic carbocycles. The summed E-state index contributed by atoms with van der Waals surface area (Å²) in [6.45, 7) is 2.15. The predicted octanol–water partition coefficient (Wildman–Crippen LogP) is -0.745.